The number of rotatable bonds is 5. The smallest absolute Gasteiger partial charge is 0.133 e. The molecule has 0 saturated heterocycles. The topological polar surface area (TPSA) is 29.0 Å². The molecule has 0 aliphatic carbocycles. The van der Waals surface area contributed by atoms with E-state index in [1.807, 2.05) is 13.0 Å². The van der Waals surface area contributed by atoms with Gasteiger partial charge in [0, 0.05) is 19.2 Å². The second-order valence-electron chi connectivity index (χ2n) is 5.29. The Morgan fingerprint density at radius 3 is 2.06 bits per heavy atom. The zero-order valence-electron chi connectivity index (χ0n) is 11.4. The fourth-order valence-corrected chi connectivity index (χ4v) is 2.28. The van der Waals surface area contributed by atoms with Gasteiger partial charge < -0.3 is 4.90 Å². The number of aromatic nitrogens is 2. The lowest BCUT2D eigenvalue weighted by atomic mass is 10.1. The predicted octanol–water partition coefficient (Wildman–Crippen LogP) is 3.67. The highest BCUT2D eigenvalue weighted by Gasteiger charge is 2.13. The first-order chi connectivity index (χ1) is 7.88. The molecule has 4 heteroatoms. The third kappa shape index (κ3) is 5.02. The van der Waals surface area contributed by atoms with Gasteiger partial charge in [0.05, 0.1) is 0 Å². The zero-order valence-corrected chi connectivity index (χ0v) is 13.0. The van der Waals surface area contributed by atoms with Crippen molar-refractivity contribution in [3.05, 3.63) is 16.5 Å². The molecule has 17 heavy (non-hydrogen) atoms. The highest BCUT2D eigenvalue weighted by molar-refractivity contribution is 9.10. The second kappa shape index (κ2) is 6.34. The van der Waals surface area contributed by atoms with Gasteiger partial charge in [-0.3, -0.25) is 0 Å². The fourth-order valence-electron chi connectivity index (χ4n) is 1.82. The third-order valence-corrected chi connectivity index (χ3v) is 2.69. The van der Waals surface area contributed by atoms with Crippen LogP contribution in [0.15, 0.2) is 10.7 Å². The summed E-state index contributed by atoms with van der Waals surface area (Å²) in [5.41, 5.74) is 0. The van der Waals surface area contributed by atoms with Gasteiger partial charge in [0.15, 0.2) is 0 Å². The maximum absolute atomic E-state index is 4.53. The van der Waals surface area contributed by atoms with Crippen LogP contribution in [0.4, 0.5) is 5.82 Å². The molecule has 1 aromatic heterocycles. The Morgan fingerprint density at radius 2 is 1.65 bits per heavy atom. The molecule has 0 fully saturated rings. The first kappa shape index (κ1) is 14.4. The molecule has 1 aromatic rings. The number of aryl methyl sites for hydroxylation is 1. The Bertz CT molecular complexity index is 333. The lowest BCUT2D eigenvalue weighted by Crippen LogP contribution is -2.32. The molecule has 0 aliphatic rings. The zero-order chi connectivity index (χ0) is 13.0. The van der Waals surface area contributed by atoms with Gasteiger partial charge in [-0.15, -0.1) is 0 Å². The van der Waals surface area contributed by atoms with Gasteiger partial charge in [-0.05, 0) is 34.7 Å². The summed E-state index contributed by atoms with van der Waals surface area (Å²) in [5.74, 6) is 3.09. The van der Waals surface area contributed by atoms with Crippen LogP contribution in [-0.4, -0.2) is 23.1 Å². The van der Waals surface area contributed by atoms with Crippen molar-refractivity contribution >= 4 is 21.7 Å². The molecule has 0 amide bonds. The first-order valence-electron chi connectivity index (χ1n) is 6.14. The van der Waals surface area contributed by atoms with Crippen LogP contribution >= 0.6 is 15.9 Å². The van der Waals surface area contributed by atoms with E-state index in [0.29, 0.717) is 11.8 Å². The SMILES string of the molecule is Cc1nc(Br)cc(N(CC(C)C)CC(C)C)n1. The molecule has 1 rings (SSSR count). The molecule has 0 radical (unpaired) electrons. The predicted molar refractivity (Wildman–Crippen MR) is 76.4 cm³/mol. The van der Waals surface area contributed by atoms with E-state index in [0.717, 1.165) is 29.3 Å². The van der Waals surface area contributed by atoms with Gasteiger partial charge in [-0.25, -0.2) is 9.97 Å². The molecule has 0 saturated carbocycles. The highest BCUT2D eigenvalue weighted by atomic mass is 79.9. The van der Waals surface area contributed by atoms with Crippen LogP contribution in [0.1, 0.15) is 33.5 Å². The summed E-state index contributed by atoms with van der Waals surface area (Å²) in [4.78, 5) is 11.1. The van der Waals surface area contributed by atoms with Crippen LogP contribution in [-0.2, 0) is 0 Å². The molecule has 0 aromatic carbocycles. The van der Waals surface area contributed by atoms with Crippen LogP contribution in [0, 0.1) is 18.8 Å². The normalized spacial score (nSPS) is 11.3. The monoisotopic (exact) mass is 299 g/mol. The Morgan fingerprint density at radius 1 is 1.12 bits per heavy atom. The Balaban J connectivity index is 2.94. The molecular formula is C13H22BrN3. The number of anilines is 1. The summed E-state index contributed by atoms with van der Waals surface area (Å²) in [5, 5.41) is 0. The van der Waals surface area contributed by atoms with E-state index in [1.165, 1.54) is 0 Å². The molecule has 0 unspecified atom stereocenters. The average Bonchev–Trinajstić information content (AvgIpc) is 2.13. The molecular weight excluding hydrogens is 278 g/mol. The van der Waals surface area contributed by atoms with E-state index < -0.39 is 0 Å². The summed E-state index contributed by atoms with van der Waals surface area (Å²) in [7, 11) is 0. The van der Waals surface area contributed by atoms with E-state index in [2.05, 4.69) is 58.5 Å². The first-order valence-corrected chi connectivity index (χ1v) is 6.94. The minimum Gasteiger partial charge on any atom is -0.356 e. The number of halogens is 1. The Hall–Kier alpha value is -0.640. The van der Waals surface area contributed by atoms with Crippen molar-refractivity contribution < 1.29 is 0 Å². The standard InChI is InChI=1S/C13H22BrN3/c1-9(2)7-17(8-10(3)4)13-6-12(14)15-11(5)16-13/h6,9-10H,7-8H2,1-5H3. The van der Waals surface area contributed by atoms with Gasteiger partial charge >= 0.3 is 0 Å². The quantitative estimate of drug-likeness (QED) is 0.777. The average molecular weight is 300 g/mol. The Kier molecular flexibility index (Phi) is 5.37. The third-order valence-electron chi connectivity index (χ3n) is 2.29. The van der Waals surface area contributed by atoms with Crippen LogP contribution in [0.3, 0.4) is 0 Å². The number of hydrogen-bond acceptors (Lipinski definition) is 3. The van der Waals surface area contributed by atoms with Gasteiger partial charge in [0.1, 0.15) is 16.2 Å². The minimum absolute atomic E-state index is 0.628. The largest absolute Gasteiger partial charge is 0.356 e. The van der Waals surface area contributed by atoms with Crippen molar-refractivity contribution in [1.29, 1.82) is 0 Å². The summed E-state index contributed by atoms with van der Waals surface area (Å²) < 4.78 is 0.859. The molecule has 1 heterocycles. The summed E-state index contributed by atoms with van der Waals surface area (Å²) >= 11 is 3.44. The molecule has 0 atom stereocenters. The molecule has 3 nitrogen and oxygen atoms in total. The van der Waals surface area contributed by atoms with Crippen molar-refractivity contribution in [2.45, 2.75) is 34.6 Å². The molecule has 0 N–H and O–H groups in total. The van der Waals surface area contributed by atoms with Gasteiger partial charge in [0.25, 0.3) is 0 Å². The van der Waals surface area contributed by atoms with Gasteiger partial charge in [0.2, 0.25) is 0 Å². The van der Waals surface area contributed by atoms with Crippen molar-refractivity contribution in [2.24, 2.45) is 11.8 Å². The van der Waals surface area contributed by atoms with Crippen LogP contribution < -0.4 is 4.90 Å². The maximum Gasteiger partial charge on any atom is 0.133 e. The van der Waals surface area contributed by atoms with Crippen LogP contribution in [0.25, 0.3) is 0 Å². The fraction of sp³-hybridized carbons (Fsp3) is 0.692. The van der Waals surface area contributed by atoms with E-state index in [4.69, 9.17) is 0 Å². The Labute approximate surface area is 113 Å². The second-order valence-corrected chi connectivity index (χ2v) is 6.10. The van der Waals surface area contributed by atoms with Crippen LogP contribution in [0.2, 0.25) is 0 Å². The lowest BCUT2D eigenvalue weighted by molar-refractivity contribution is 0.548. The van der Waals surface area contributed by atoms with Crippen molar-refractivity contribution in [3.63, 3.8) is 0 Å². The number of hydrogen-bond donors (Lipinski definition) is 0. The van der Waals surface area contributed by atoms with Crippen molar-refractivity contribution in [3.8, 4) is 0 Å². The van der Waals surface area contributed by atoms with E-state index in [1.54, 1.807) is 0 Å². The van der Waals surface area contributed by atoms with Gasteiger partial charge in [-0.2, -0.15) is 0 Å². The van der Waals surface area contributed by atoms with E-state index in [9.17, 15) is 0 Å². The molecule has 96 valence electrons. The number of nitrogens with zero attached hydrogens (tertiary/aromatic N) is 3. The van der Waals surface area contributed by atoms with Crippen molar-refractivity contribution in [1.82, 2.24) is 9.97 Å². The molecule has 0 spiro atoms. The molecule has 0 bridgehead atoms. The lowest BCUT2D eigenvalue weighted by Gasteiger charge is -2.27. The maximum atomic E-state index is 4.53. The summed E-state index contributed by atoms with van der Waals surface area (Å²) in [6.45, 7) is 12.9. The van der Waals surface area contributed by atoms with E-state index >= 15 is 0 Å². The molecule has 0 aliphatic heterocycles. The summed E-state index contributed by atoms with van der Waals surface area (Å²) in [6, 6.07) is 2.00. The highest BCUT2D eigenvalue weighted by Crippen LogP contribution is 2.18. The van der Waals surface area contributed by atoms with Crippen LogP contribution in [0.5, 0.6) is 0 Å². The summed E-state index contributed by atoms with van der Waals surface area (Å²) in [6.07, 6.45) is 0. The van der Waals surface area contributed by atoms with Gasteiger partial charge in [-0.1, -0.05) is 27.7 Å². The van der Waals surface area contributed by atoms with Crippen molar-refractivity contribution in [2.75, 3.05) is 18.0 Å². The van der Waals surface area contributed by atoms with E-state index in [-0.39, 0.29) is 0 Å². The minimum atomic E-state index is 0.628.